The summed E-state index contributed by atoms with van der Waals surface area (Å²) in [6.07, 6.45) is 4.22. The maximum atomic E-state index is 13.0. The summed E-state index contributed by atoms with van der Waals surface area (Å²) in [5.74, 6) is -0.987. The molecule has 13 heteroatoms. The van der Waals surface area contributed by atoms with Crippen LogP contribution in [0.4, 0.5) is 9.59 Å². The van der Waals surface area contributed by atoms with Gasteiger partial charge in [0.1, 0.15) is 32.1 Å². The van der Waals surface area contributed by atoms with Crippen LogP contribution in [0.5, 0.6) is 0 Å². The van der Waals surface area contributed by atoms with Gasteiger partial charge in [-0.2, -0.15) is 0 Å². The zero-order chi connectivity index (χ0) is 29.7. The third kappa shape index (κ3) is 6.45. The van der Waals surface area contributed by atoms with Crippen molar-refractivity contribution in [2.75, 3.05) is 52.5 Å². The Bertz CT molecular complexity index is 1160. The van der Waals surface area contributed by atoms with E-state index in [9.17, 15) is 24.0 Å². The van der Waals surface area contributed by atoms with Gasteiger partial charge < -0.3 is 28.9 Å². The van der Waals surface area contributed by atoms with Crippen molar-refractivity contribution in [2.24, 2.45) is 5.92 Å². The highest BCUT2D eigenvalue weighted by Crippen LogP contribution is 2.49. The highest BCUT2D eigenvalue weighted by Gasteiger charge is 2.53. The molecule has 12 nitrogen and oxygen atoms in total. The van der Waals surface area contributed by atoms with Gasteiger partial charge in [-0.1, -0.05) is 44.9 Å². The molecule has 0 aromatic rings. The van der Waals surface area contributed by atoms with Crippen LogP contribution in [-0.2, 0) is 28.6 Å². The van der Waals surface area contributed by atoms with E-state index in [-0.39, 0.29) is 73.7 Å². The number of nitrogens with zero attached hydrogens (tertiary/aromatic N) is 4. The summed E-state index contributed by atoms with van der Waals surface area (Å²) in [5, 5.41) is -0.116. The Morgan fingerprint density at radius 1 is 0.951 bits per heavy atom. The number of carbonyl (C=O) groups is 5. The van der Waals surface area contributed by atoms with Crippen LogP contribution in [0.2, 0.25) is 0 Å². The molecule has 0 spiro atoms. The first-order valence-electron chi connectivity index (χ1n) is 13.6. The zero-order valence-corrected chi connectivity index (χ0v) is 24.0. The molecular weight excluding hydrogens is 552 g/mol. The Labute approximate surface area is 243 Å². The molecule has 4 amide bonds. The van der Waals surface area contributed by atoms with Crippen LogP contribution in [0, 0.1) is 5.92 Å². The molecule has 0 N–H and O–H groups in total. The average Bonchev–Trinajstić information content (AvgIpc) is 3.45. The fraction of sp³-hybridized carbons (Fsp3) is 0.536. The van der Waals surface area contributed by atoms with Crippen molar-refractivity contribution in [1.82, 2.24) is 19.6 Å². The molecule has 0 aliphatic carbocycles. The second-order valence-corrected chi connectivity index (χ2v) is 11.5. The van der Waals surface area contributed by atoms with Crippen LogP contribution in [0.25, 0.3) is 0 Å². The van der Waals surface area contributed by atoms with E-state index in [4.69, 9.17) is 14.2 Å². The molecule has 0 unspecified atom stereocenters. The van der Waals surface area contributed by atoms with Gasteiger partial charge in [0, 0.05) is 48.7 Å². The Morgan fingerprint density at radius 2 is 1.61 bits per heavy atom. The van der Waals surface area contributed by atoms with Crippen LogP contribution in [-0.4, -0.2) is 119 Å². The minimum absolute atomic E-state index is 0.0308. The largest absolute Gasteiger partial charge is 0.457 e. The lowest BCUT2D eigenvalue weighted by atomic mass is 9.94. The monoisotopic (exact) mass is 588 g/mol. The van der Waals surface area contributed by atoms with Crippen molar-refractivity contribution in [3.05, 3.63) is 48.6 Å². The normalized spacial score (nSPS) is 25.5. The molecule has 0 bridgehead atoms. The number of piperazine rings is 1. The number of rotatable bonds is 11. The Balaban J connectivity index is 1.48. The standard InChI is InChI=1S/C28H36N4O8S/c1-5-10-38-26(35)24-25(18(4)21-14-22(33)32(21)24)41-20-13-19(31(16-20)28(37)40-12-7-3)15-29-8-9-30(17-23(29)34)27(36)39-11-6-2/h5-7,18-21H,1-3,8-17H2,4H3/t18-,19+,20+,21+/m1/s1. The molecule has 3 fully saturated rings. The number of likely N-dealkylation sites (tertiary alicyclic amines) is 1. The summed E-state index contributed by atoms with van der Waals surface area (Å²) in [5.41, 5.74) is 0.268. The molecule has 0 saturated carbocycles. The van der Waals surface area contributed by atoms with Crippen LogP contribution >= 0.6 is 11.8 Å². The second kappa shape index (κ2) is 13.3. The minimum Gasteiger partial charge on any atom is -0.457 e. The molecule has 222 valence electrons. The molecular formula is C28H36N4O8S. The molecule has 4 aliphatic rings. The third-order valence-electron chi connectivity index (χ3n) is 7.54. The van der Waals surface area contributed by atoms with Crippen LogP contribution < -0.4 is 0 Å². The molecule has 0 aromatic carbocycles. The summed E-state index contributed by atoms with van der Waals surface area (Å²) in [4.78, 5) is 70.3. The maximum absolute atomic E-state index is 13.0. The van der Waals surface area contributed by atoms with Crippen molar-refractivity contribution in [1.29, 1.82) is 0 Å². The Morgan fingerprint density at radius 3 is 2.24 bits per heavy atom. The van der Waals surface area contributed by atoms with Crippen LogP contribution in [0.3, 0.4) is 0 Å². The number of carbonyl (C=O) groups excluding carboxylic acids is 5. The van der Waals surface area contributed by atoms with Gasteiger partial charge in [-0.05, 0) is 6.42 Å². The summed E-state index contributed by atoms with van der Waals surface area (Å²) in [6.45, 7) is 13.9. The lowest BCUT2D eigenvalue weighted by Crippen LogP contribution is -2.55. The molecule has 0 aromatic heterocycles. The van der Waals surface area contributed by atoms with E-state index in [0.29, 0.717) is 32.5 Å². The number of fused-ring (bicyclic) bond motifs is 1. The van der Waals surface area contributed by atoms with Gasteiger partial charge in [-0.25, -0.2) is 14.4 Å². The topological polar surface area (TPSA) is 126 Å². The summed E-state index contributed by atoms with van der Waals surface area (Å²) in [7, 11) is 0. The van der Waals surface area contributed by atoms with E-state index in [1.165, 1.54) is 39.8 Å². The first-order chi connectivity index (χ1) is 19.7. The molecule has 4 rings (SSSR count). The van der Waals surface area contributed by atoms with E-state index in [1.54, 1.807) is 9.80 Å². The SMILES string of the molecule is C=CCOC(=O)C1=C(S[C@H]2C[C@@H](CN3CCN(C(=O)OCC=C)CC3=O)N(C(=O)OCC=C)C2)[C@H](C)[C@@H]2CC(=O)N12. The molecule has 0 radical (unpaired) electrons. The zero-order valence-electron chi connectivity index (χ0n) is 23.2. The number of β-lactam (4-membered cyclic amide) rings is 1. The highest BCUT2D eigenvalue weighted by molar-refractivity contribution is 8.03. The highest BCUT2D eigenvalue weighted by atomic mass is 32.2. The van der Waals surface area contributed by atoms with E-state index in [0.717, 1.165) is 4.91 Å². The predicted octanol–water partition coefficient (Wildman–Crippen LogP) is 2.14. The van der Waals surface area contributed by atoms with Gasteiger partial charge in [0.05, 0.1) is 12.1 Å². The lowest BCUT2D eigenvalue weighted by Gasteiger charge is -2.37. The van der Waals surface area contributed by atoms with Crippen molar-refractivity contribution in [3.8, 4) is 0 Å². The van der Waals surface area contributed by atoms with Gasteiger partial charge in [-0.15, -0.1) is 11.8 Å². The fourth-order valence-electron chi connectivity index (χ4n) is 5.49. The van der Waals surface area contributed by atoms with Crippen molar-refractivity contribution >= 4 is 41.7 Å². The molecule has 4 atom stereocenters. The summed E-state index contributed by atoms with van der Waals surface area (Å²) < 4.78 is 15.7. The number of thioether (sulfide) groups is 1. The van der Waals surface area contributed by atoms with Gasteiger partial charge >= 0.3 is 18.2 Å². The summed E-state index contributed by atoms with van der Waals surface area (Å²) >= 11 is 1.47. The number of ether oxygens (including phenoxy) is 3. The molecule has 4 aliphatic heterocycles. The van der Waals surface area contributed by atoms with E-state index < -0.39 is 18.2 Å². The van der Waals surface area contributed by atoms with Crippen molar-refractivity contribution in [2.45, 2.75) is 37.1 Å². The van der Waals surface area contributed by atoms with E-state index >= 15 is 0 Å². The molecule has 3 saturated heterocycles. The quantitative estimate of drug-likeness (QED) is 0.154. The van der Waals surface area contributed by atoms with E-state index in [1.807, 2.05) is 6.92 Å². The van der Waals surface area contributed by atoms with Gasteiger partial charge in [0.25, 0.3) is 0 Å². The van der Waals surface area contributed by atoms with E-state index in [2.05, 4.69) is 19.7 Å². The lowest BCUT2D eigenvalue weighted by molar-refractivity contribution is -0.150. The maximum Gasteiger partial charge on any atom is 0.410 e. The third-order valence-corrected chi connectivity index (χ3v) is 9.03. The smallest absolute Gasteiger partial charge is 0.410 e. The molecule has 4 heterocycles. The first-order valence-corrected chi connectivity index (χ1v) is 14.4. The number of hydrogen-bond donors (Lipinski definition) is 0. The second-order valence-electron chi connectivity index (χ2n) is 10.2. The van der Waals surface area contributed by atoms with Crippen molar-refractivity contribution in [3.63, 3.8) is 0 Å². The van der Waals surface area contributed by atoms with Gasteiger partial charge in [-0.3, -0.25) is 14.5 Å². The predicted molar refractivity (Wildman–Crippen MR) is 150 cm³/mol. The van der Waals surface area contributed by atoms with Gasteiger partial charge in [0.15, 0.2) is 0 Å². The summed E-state index contributed by atoms with van der Waals surface area (Å²) in [6, 6.07) is -0.436. The number of hydrogen-bond acceptors (Lipinski definition) is 9. The van der Waals surface area contributed by atoms with Crippen molar-refractivity contribution < 1.29 is 38.2 Å². The Hall–Kier alpha value is -3.74. The Kier molecular flexibility index (Phi) is 9.79. The number of esters is 1. The minimum atomic E-state index is -0.575. The number of amides is 4. The average molecular weight is 589 g/mol. The van der Waals surface area contributed by atoms with Crippen LogP contribution in [0.1, 0.15) is 19.8 Å². The van der Waals surface area contributed by atoms with Gasteiger partial charge in [0.2, 0.25) is 11.8 Å². The first kappa shape index (κ1) is 30.2. The fourth-order valence-corrected chi connectivity index (χ4v) is 7.07. The molecule has 41 heavy (non-hydrogen) atoms. The van der Waals surface area contributed by atoms with Crippen LogP contribution in [0.15, 0.2) is 48.6 Å².